The van der Waals surface area contributed by atoms with E-state index in [9.17, 15) is 0 Å². The van der Waals surface area contributed by atoms with E-state index in [0.29, 0.717) is 0 Å². The van der Waals surface area contributed by atoms with Crippen LogP contribution >= 0.6 is 0 Å². The molecule has 2 heteroatoms. The van der Waals surface area contributed by atoms with Crippen LogP contribution in [-0.2, 0) is 32.0 Å². The van der Waals surface area contributed by atoms with Crippen LogP contribution in [0.25, 0.3) is 0 Å². The van der Waals surface area contributed by atoms with E-state index in [1.807, 2.05) is 0 Å². The van der Waals surface area contributed by atoms with Crippen LogP contribution in [0.5, 0.6) is 0 Å². The SMILES string of the molecule is [CH3][Mn][CH]1C=CC=C1.[Mn]. The third-order valence-electron chi connectivity index (χ3n) is 0.953. The quantitative estimate of drug-likeness (QED) is 0.555. The van der Waals surface area contributed by atoms with E-state index in [4.69, 9.17) is 0 Å². The van der Waals surface area contributed by atoms with E-state index in [2.05, 4.69) is 30.1 Å². The zero-order valence-corrected chi connectivity index (χ0v) is 7.00. The Balaban J connectivity index is 0.000000490. The Morgan fingerprint density at radius 1 is 1.25 bits per heavy atom. The summed E-state index contributed by atoms with van der Waals surface area (Å²) in [5.74, 6) is 2.23. The Morgan fingerprint density at radius 3 is 2.00 bits per heavy atom. The molecule has 0 N–H and O–H groups in total. The molecular formula is C6H8Mn2. The van der Waals surface area contributed by atoms with Gasteiger partial charge in [0.2, 0.25) is 0 Å². The molecular weight excluding hydrogens is 182 g/mol. The monoisotopic (exact) mass is 190 g/mol. The average Bonchev–Trinajstić information content (AvgIpc) is 2.14. The van der Waals surface area contributed by atoms with Gasteiger partial charge in [-0.15, -0.1) is 0 Å². The van der Waals surface area contributed by atoms with Gasteiger partial charge in [-0.25, -0.2) is 0 Å². The molecule has 0 saturated carbocycles. The molecule has 0 spiro atoms. The first-order valence-corrected chi connectivity index (χ1v) is 4.12. The van der Waals surface area contributed by atoms with Gasteiger partial charge in [-0.1, -0.05) is 0 Å². The van der Waals surface area contributed by atoms with Crippen LogP contribution in [0.15, 0.2) is 24.3 Å². The molecule has 0 nitrogen and oxygen atoms in total. The summed E-state index contributed by atoms with van der Waals surface area (Å²) in [5.41, 5.74) is 0. The fourth-order valence-electron chi connectivity index (χ4n) is 0.550. The first-order chi connectivity index (χ1) is 3.43. The van der Waals surface area contributed by atoms with E-state index in [0.717, 1.165) is 19.8 Å². The van der Waals surface area contributed by atoms with Crippen LogP contribution in [0.1, 0.15) is 0 Å². The Bertz CT molecular complexity index is 93.1. The van der Waals surface area contributed by atoms with Crippen molar-refractivity contribution in [2.75, 3.05) is 0 Å². The number of hydrogen-bond acceptors (Lipinski definition) is 0. The summed E-state index contributed by atoms with van der Waals surface area (Å²) >= 11 is 1.01. The van der Waals surface area contributed by atoms with Crippen LogP contribution in [0.2, 0.25) is 10.6 Å². The van der Waals surface area contributed by atoms with Gasteiger partial charge in [-0.3, -0.25) is 0 Å². The zero-order chi connectivity index (χ0) is 5.11. The summed E-state index contributed by atoms with van der Waals surface area (Å²) in [6, 6.07) is 0. The van der Waals surface area contributed by atoms with E-state index in [-0.39, 0.29) is 17.1 Å². The van der Waals surface area contributed by atoms with Crippen molar-refractivity contribution in [2.24, 2.45) is 0 Å². The van der Waals surface area contributed by atoms with Gasteiger partial charge < -0.3 is 0 Å². The normalized spacial score (nSPS) is 16.6. The van der Waals surface area contributed by atoms with Crippen LogP contribution in [0.3, 0.4) is 0 Å². The molecule has 8 heavy (non-hydrogen) atoms. The number of rotatable bonds is 1. The van der Waals surface area contributed by atoms with Gasteiger partial charge in [0, 0.05) is 17.1 Å². The van der Waals surface area contributed by atoms with Crippen molar-refractivity contribution >= 4 is 0 Å². The molecule has 0 aromatic carbocycles. The summed E-state index contributed by atoms with van der Waals surface area (Å²) in [6.45, 7) is 0. The fraction of sp³-hybridized carbons (Fsp3) is 0.333. The molecule has 0 aromatic heterocycles. The second kappa shape index (κ2) is 4.40. The topological polar surface area (TPSA) is 0 Å². The van der Waals surface area contributed by atoms with Crippen LogP contribution in [0, 0.1) is 0 Å². The van der Waals surface area contributed by atoms with E-state index < -0.39 is 0 Å². The molecule has 0 atom stereocenters. The number of allylic oxidation sites excluding steroid dienone is 4. The van der Waals surface area contributed by atoms with Gasteiger partial charge >= 0.3 is 49.9 Å². The maximum Gasteiger partial charge on any atom is 0 e. The second-order valence-corrected chi connectivity index (χ2v) is 2.90. The van der Waals surface area contributed by atoms with Crippen molar-refractivity contribution in [1.82, 2.24) is 0 Å². The minimum atomic E-state index is 0. The summed E-state index contributed by atoms with van der Waals surface area (Å²) in [7, 11) is 0. The van der Waals surface area contributed by atoms with Crippen molar-refractivity contribution < 1.29 is 32.0 Å². The van der Waals surface area contributed by atoms with Gasteiger partial charge in [0.1, 0.15) is 0 Å². The Kier molecular flexibility index (Phi) is 4.69. The molecule has 1 radical (unpaired) electrons. The molecule has 1 rings (SSSR count). The molecule has 1 aliphatic rings. The molecule has 0 fully saturated rings. The van der Waals surface area contributed by atoms with Gasteiger partial charge in [0.15, 0.2) is 0 Å². The smallest absolute Gasteiger partial charge is 0 e. The van der Waals surface area contributed by atoms with E-state index >= 15 is 0 Å². The molecule has 0 aliphatic heterocycles. The molecule has 46 valence electrons. The maximum atomic E-state index is 2.24. The molecule has 0 saturated heterocycles. The number of hydrogen-bond donors (Lipinski definition) is 0. The molecule has 0 amide bonds. The van der Waals surface area contributed by atoms with Crippen molar-refractivity contribution in [3.63, 3.8) is 0 Å². The molecule has 0 unspecified atom stereocenters. The minimum Gasteiger partial charge on any atom is 0 e. The molecule has 0 bridgehead atoms. The second-order valence-electron chi connectivity index (χ2n) is 1.43. The maximum absolute atomic E-state index is 2.24. The van der Waals surface area contributed by atoms with Crippen molar-refractivity contribution in [3.05, 3.63) is 24.3 Å². The van der Waals surface area contributed by atoms with Crippen LogP contribution in [0.4, 0.5) is 0 Å². The zero-order valence-electron chi connectivity index (χ0n) is 4.64. The summed E-state index contributed by atoms with van der Waals surface area (Å²) in [4.78, 5) is 0.767. The van der Waals surface area contributed by atoms with E-state index in [1.54, 1.807) is 0 Å². The van der Waals surface area contributed by atoms with Gasteiger partial charge in [0.25, 0.3) is 0 Å². The standard InChI is InChI=1S/C5H5.CH3.2Mn/c1-2-4-5-3-1;;;/h1-5H;1H3;;. The predicted octanol–water partition coefficient (Wildman–Crippen LogP) is 2.03. The Morgan fingerprint density at radius 2 is 1.75 bits per heavy atom. The van der Waals surface area contributed by atoms with Gasteiger partial charge in [-0.2, -0.15) is 0 Å². The van der Waals surface area contributed by atoms with Crippen molar-refractivity contribution in [2.45, 2.75) is 10.6 Å². The summed E-state index contributed by atoms with van der Waals surface area (Å²) in [6.07, 6.45) is 8.70. The fourth-order valence-corrected chi connectivity index (χ4v) is 1.27. The van der Waals surface area contributed by atoms with E-state index in [1.165, 1.54) is 0 Å². The summed E-state index contributed by atoms with van der Waals surface area (Å²) < 4.78 is 0. The van der Waals surface area contributed by atoms with Crippen LogP contribution < -0.4 is 0 Å². The minimum absolute atomic E-state index is 0. The van der Waals surface area contributed by atoms with Gasteiger partial charge in [0.05, 0.1) is 0 Å². The van der Waals surface area contributed by atoms with Crippen molar-refractivity contribution in [3.8, 4) is 0 Å². The third-order valence-corrected chi connectivity index (χ3v) is 2.19. The molecule has 1 aliphatic carbocycles. The first kappa shape index (κ1) is 8.52. The predicted molar refractivity (Wildman–Crippen MR) is 27.9 cm³/mol. The average molecular weight is 190 g/mol. The Hall–Kier alpha value is 0.519. The first-order valence-electron chi connectivity index (χ1n) is 2.26. The summed E-state index contributed by atoms with van der Waals surface area (Å²) in [5, 5.41) is 0. The molecule has 0 aromatic rings. The van der Waals surface area contributed by atoms with Gasteiger partial charge in [-0.05, 0) is 0 Å². The van der Waals surface area contributed by atoms with Crippen molar-refractivity contribution in [1.29, 1.82) is 0 Å². The Labute approximate surface area is 67.1 Å². The van der Waals surface area contributed by atoms with Crippen LogP contribution in [-0.4, -0.2) is 0 Å². The molecule has 0 heterocycles. The third kappa shape index (κ3) is 2.19. The largest absolute Gasteiger partial charge is 0 e.